The lowest BCUT2D eigenvalue weighted by Gasteiger charge is -2.20. The summed E-state index contributed by atoms with van der Waals surface area (Å²) in [4.78, 5) is 38.8. The first kappa shape index (κ1) is 22.9. The summed E-state index contributed by atoms with van der Waals surface area (Å²) in [5, 5.41) is 15.2. The lowest BCUT2D eigenvalue weighted by molar-refractivity contribution is -0.129. The summed E-state index contributed by atoms with van der Waals surface area (Å²) in [7, 11) is 0. The molecule has 3 rings (SSSR count). The molecule has 166 valence electrons. The number of nitrogens with zero attached hydrogens (tertiary/aromatic N) is 3. The van der Waals surface area contributed by atoms with Crippen LogP contribution in [0.2, 0.25) is 0 Å². The Morgan fingerprint density at radius 3 is 2.45 bits per heavy atom. The van der Waals surface area contributed by atoms with E-state index in [4.69, 9.17) is 0 Å². The fraction of sp³-hybridized carbons (Fsp3) is 0.500. The normalized spacial score (nSPS) is 16.6. The highest BCUT2D eigenvalue weighted by Gasteiger charge is 2.35. The molecule has 0 saturated carbocycles. The summed E-state index contributed by atoms with van der Waals surface area (Å²) in [6.45, 7) is 10.6. The van der Waals surface area contributed by atoms with Crippen LogP contribution in [0.4, 0.5) is 10.8 Å². The molecule has 3 amide bonds. The third-order valence-corrected chi connectivity index (χ3v) is 6.88. The van der Waals surface area contributed by atoms with Gasteiger partial charge in [0.05, 0.1) is 5.92 Å². The number of anilines is 2. The summed E-state index contributed by atoms with van der Waals surface area (Å²) in [6, 6.07) is 6.72. The monoisotopic (exact) mass is 443 g/mol. The zero-order chi connectivity index (χ0) is 22.8. The van der Waals surface area contributed by atoms with Crippen molar-refractivity contribution >= 4 is 39.9 Å². The molecule has 1 unspecified atom stereocenters. The zero-order valence-electron chi connectivity index (χ0n) is 18.6. The van der Waals surface area contributed by atoms with Crippen molar-refractivity contribution in [2.45, 2.75) is 58.9 Å². The topological polar surface area (TPSA) is 104 Å². The Balaban J connectivity index is 1.58. The first-order chi connectivity index (χ1) is 14.6. The molecule has 1 atom stereocenters. The molecular formula is C22H29N5O3S. The van der Waals surface area contributed by atoms with Crippen molar-refractivity contribution in [1.29, 1.82) is 0 Å². The Bertz CT molecular complexity index is 968. The van der Waals surface area contributed by atoms with E-state index in [0.29, 0.717) is 22.9 Å². The van der Waals surface area contributed by atoms with Gasteiger partial charge in [-0.2, -0.15) is 0 Å². The average molecular weight is 444 g/mol. The Morgan fingerprint density at radius 1 is 1.19 bits per heavy atom. The SMILES string of the molecule is CCC(C)(C)c1nnc(NC(=O)c2ccc(NC(=O)C3CC(=O)N(C(C)C)C3)cc2)s1. The number of carbonyl (C=O) groups excluding carboxylic acids is 3. The average Bonchev–Trinajstić information content (AvgIpc) is 3.35. The minimum Gasteiger partial charge on any atom is -0.339 e. The number of carbonyl (C=O) groups is 3. The molecule has 9 heteroatoms. The quantitative estimate of drug-likeness (QED) is 0.679. The molecule has 8 nitrogen and oxygen atoms in total. The summed E-state index contributed by atoms with van der Waals surface area (Å²) < 4.78 is 0. The van der Waals surface area contributed by atoms with Gasteiger partial charge in [-0.25, -0.2) is 0 Å². The number of hydrogen-bond donors (Lipinski definition) is 2. The van der Waals surface area contributed by atoms with Crippen LogP contribution in [0.3, 0.4) is 0 Å². The van der Waals surface area contributed by atoms with Crippen LogP contribution in [0.25, 0.3) is 0 Å². The third kappa shape index (κ3) is 5.28. The molecule has 2 N–H and O–H groups in total. The van der Waals surface area contributed by atoms with Gasteiger partial charge < -0.3 is 10.2 Å². The van der Waals surface area contributed by atoms with Crippen molar-refractivity contribution in [3.63, 3.8) is 0 Å². The van der Waals surface area contributed by atoms with Gasteiger partial charge in [-0.3, -0.25) is 19.7 Å². The molecule has 1 fully saturated rings. The molecule has 1 aliphatic rings. The molecule has 0 bridgehead atoms. The highest BCUT2D eigenvalue weighted by Crippen LogP contribution is 2.31. The van der Waals surface area contributed by atoms with Crippen LogP contribution in [0.5, 0.6) is 0 Å². The lowest BCUT2D eigenvalue weighted by atomic mass is 9.91. The molecule has 1 saturated heterocycles. The first-order valence-electron chi connectivity index (χ1n) is 10.5. The number of likely N-dealkylation sites (tertiary alicyclic amines) is 1. The number of aromatic nitrogens is 2. The summed E-state index contributed by atoms with van der Waals surface area (Å²) >= 11 is 1.37. The number of amides is 3. The van der Waals surface area contributed by atoms with Crippen molar-refractivity contribution in [3.05, 3.63) is 34.8 Å². The van der Waals surface area contributed by atoms with Crippen LogP contribution in [0.15, 0.2) is 24.3 Å². The van der Waals surface area contributed by atoms with E-state index in [0.717, 1.165) is 11.4 Å². The fourth-order valence-electron chi connectivity index (χ4n) is 3.22. The van der Waals surface area contributed by atoms with Gasteiger partial charge >= 0.3 is 0 Å². The minimum absolute atomic E-state index is 0.00401. The highest BCUT2D eigenvalue weighted by molar-refractivity contribution is 7.15. The molecule has 2 aromatic rings. The molecule has 0 aliphatic carbocycles. The van der Waals surface area contributed by atoms with Crippen molar-refractivity contribution in [2.75, 3.05) is 17.2 Å². The van der Waals surface area contributed by atoms with Gasteiger partial charge in [-0.1, -0.05) is 32.1 Å². The molecule has 1 aliphatic heterocycles. The fourth-order valence-corrected chi connectivity index (χ4v) is 4.13. The van der Waals surface area contributed by atoms with E-state index in [1.54, 1.807) is 29.2 Å². The van der Waals surface area contributed by atoms with Crippen molar-refractivity contribution < 1.29 is 14.4 Å². The Labute approximate surface area is 186 Å². The number of hydrogen-bond acceptors (Lipinski definition) is 6. The maximum absolute atomic E-state index is 12.5. The predicted octanol–water partition coefficient (Wildman–Crippen LogP) is 3.67. The van der Waals surface area contributed by atoms with Gasteiger partial charge in [0.15, 0.2) is 0 Å². The Kier molecular flexibility index (Phi) is 6.74. The van der Waals surface area contributed by atoms with Crippen molar-refractivity contribution in [3.8, 4) is 0 Å². The van der Waals surface area contributed by atoms with Gasteiger partial charge in [0.25, 0.3) is 5.91 Å². The molecule has 31 heavy (non-hydrogen) atoms. The number of rotatable bonds is 7. The molecule has 0 radical (unpaired) electrons. The summed E-state index contributed by atoms with van der Waals surface area (Å²) in [5.41, 5.74) is 0.947. The van der Waals surface area contributed by atoms with Gasteiger partial charge in [-0.05, 0) is 44.5 Å². The standard InChI is InChI=1S/C22H29N5O3S/c1-6-22(4,5)20-25-26-21(31-20)24-18(29)14-7-9-16(10-8-14)23-19(30)15-11-17(28)27(12-15)13(2)3/h7-10,13,15H,6,11-12H2,1-5H3,(H,23,30)(H,24,26,29). The number of benzene rings is 1. The Morgan fingerprint density at radius 2 is 1.87 bits per heavy atom. The molecule has 2 heterocycles. The van der Waals surface area contributed by atoms with E-state index in [1.165, 1.54) is 11.3 Å². The summed E-state index contributed by atoms with van der Waals surface area (Å²) in [6.07, 6.45) is 1.15. The highest BCUT2D eigenvalue weighted by atomic mass is 32.1. The van der Waals surface area contributed by atoms with Crippen LogP contribution >= 0.6 is 11.3 Å². The second kappa shape index (κ2) is 9.13. The largest absolute Gasteiger partial charge is 0.339 e. The van der Waals surface area contributed by atoms with Gasteiger partial charge in [0.2, 0.25) is 16.9 Å². The van der Waals surface area contributed by atoms with Crippen molar-refractivity contribution in [1.82, 2.24) is 15.1 Å². The van der Waals surface area contributed by atoms with E-state index in [9.17, 15) is 14.4 Å². The third-order valence-electron chi connectivity index (χ3n) is 5.68. The number of nitrogens with one attached hydrogen (secondary N) is 2. The van der Waals surface area contributed by atoms with Gasteiger partial charge in [0, 0.05) is 35.7 Å². The maximum atomic E-state index is 12.5. The van der Waals surface area contributed by atoms with E-state index < -0.39 is 0 Å². The second-order valence-corrected chi connectivity index (χ2v) is 9.69. The summed E-state index contributed by atoms with van der Waals surface area (Å²) in [5.74, 6) is -0.835. The van der Waals surface area contributed by atoms with E-state index >= 15 is 0 Å². The zero-order valence-corrected chi connectivity index (χ0v) is 19.4. The smallest absolute Gasteiger partial charge is 0.257 e. The predicted molar refractivity (Wildman–Crippen MR) is 121 cm³/mol. The van der Waals surface area contributed by atoms with Crippen molar-refractivity contribution in [2.24, 2.45) is 5.92 Å². The lowest BCUT2D eigenvalue weighted by Crippen LogP contribution is -2.33. The molecule has 0 spiro atoms. The van der Waals surface area contributed by atoms with E-state index in [1.807, 2.05) is 13.8 Å². The van der Waals surface area contributed by atoms with E-state index in [-0.39, 0.29) is 41.5 Å². The first-order valence-corrected chi connectivity index (χ1v) is 11.3. The van der Waals surface area contributed by atoms with Gasteiger partial charge in [0.1, 0.15) is 5.01 Å². The van der Waals surface area contributed by atoms with E-state index in [2.05, 4.69) is 41.6 Å². The van der Waals surface area contributed by atoms with Crippen LogP contribution in [0, 0.1) is 5.92 Å². The Hall–Kier alpha value is -2.81. The van der Waals surface area contributed by atoms with Crippen LogP contribution in [-0.2, 0) is 15.0 Å². The van der Waals surface area contributed by atoms with Crippen LogP contribution in [-0.4, -0.2) is 45.4 Å². The van der Waals surface area contributed by atoms with Crippen LogP contribution in [0.1, 0.15) is 62.8 Å². The molecule has 1 aromatic carbocycles. The van der Waals surface area contributed by atoms with Gasteiger partial charge in [-0.15, -0.1) is 10.2 Å². The molecular weight excluding hydrogens is 414 g/mol. The molecule has 1 aromatic heterocycles. The van der Waals surface area contributed by atoms with Crippen LogP contribution < -0.4 is 10.6 Å². The second-order valence-electron chi connectivity index (χ2n) is 8.71. The maximum Gasteiger partial charge on any atom is 0.257 e. The minimum atomic E-state index is -0.364.